The molecule has 0 atom stereocenters. The normalized spacial score (nSPS) is 10.5. The predicted octanol–water partition coefficient (Wildman–Crippen LogP) is 1.68. The second-order valence-corrected chi connectivity index (χ2v) is 3.99. The van der Waals surface area contributed by atoms with Crippen LogP contribution in [0, 0.1) is 0 Å². The summed E-state index contributed by atoms with van der Waals surface area (Å²) in [4.78, 5) is 22.9. The van der Waals surface area contributed by atoms with E-state index < -0.39 is 11.9 Å². The molecule has 0 N–H and O–H groups in total. The molecule has 0 bridgehead atoms. The maximum Gasteiger partial charge on any atom is 0.338 e. The number of benzene rings is 1. The summed E-state index contributed by atoms with van der Waals surface area (Å²) in [5.41, 5.74) is 1.02. The molecule has 2 rings (SSSR count). The molecule has 0 fully saturated rings. The smallest absolute Gasteiger partial charge is 0.338 e. The lowest BCUT2D eigenvalue weighted by Crippen LogP contribution is -2.07. The van der Waals surface area contributed by atoms with Crippen LogP contribution >= 0.6 is 0 Å². The van der Waals surface area contributed by atoms with Gasteiger partial charge in [0.2, 0.25) is 0 Å². The van der Waals surface area contributed by atoms with E-state index in [1.807, 2.05) is 0 Å². The third-order valence-electron chi connectivity index (χ3n) is 2.59. The molecular weight excluding hydrogens is 248 g/mol. The molecule has 2 aromatic rings. The summed E-state index contributed by atoms with van der Waals surface area (Å²) >= 11 is 0. The van der Waals surface area contributed by atoms with E-state index >= 15 is 0 Å². The Morgan fingerprint density at radius 1 is 1.37 bits per heavy atom. The van der Waals surface area contributed by atoms with Crippen LogP contribution in [0.1, 0.15) is 24.2 Å². The van der Waals surface area contributed by atoms with Crippen molar-refractivity contribution in [1.82, 2.24) is 9.78 Å². The molecule has 0 aliphatic rings. The molecule has 0 unspecified atom stereocenters. The second-order valence-electron chi connectivity index (χ2n) is 3.99. The van der Waals surface area contributed by atoms with Crippen molar-refractivity contribution in [3.63, 3.8) is 0 Å². The molecule has 0 saturated heterocycles. The third kappa shape index (κ3) is 2.57. The van der Waals surface area contributed by atoms with Gasteiger partial charge in [-0.25, -0.2) is 4.79 Å². The molecule has 1 aromatic carbocycles. The molecule has 0 aliphatic carbocycles. The fraction of sp³-hybridized carbons (Fsp3) is 0.308. The van der Waals surface area contributed by atoms with Gasteiger partial charge in [0.05, 0.1) is 29.3 Å². The highest BCUT2D eigenvalue weighted by Gasteiger charge is 2.15. The molecule has 1 aromatic heterocycles. The van der Waals surface area contributed by atoms with Crippen molar-refractivity contribution in [2.75, 3.05) is 6.61 Å². The van der Waals surface area contributed by atoms with Crippen LogP contribution in [0.3, 0.4) is 0 Å². The maximum absolute atomic E-state index is 11.8. The highest BCUT2D eigenvalue weighted by Crippen LogP contribution is 2.27. The standard InChI is InChI=1S/C13H14N2O4/c1-4-18-13(17)9-5-11-10(7-14-15(11)3)12(6-9)19-8(2)16/h5-7H,4H2,1-3H3. The molecule has 6 heteroatoms. The summed E-state index contributed by atoms with van der Waals surface area (Å²) in [6.07, 6.45) is 1.59. The van der Waals surface area contributed by atoms with Gasteiger partial charge < -0.3 is 9.47 Å². The van der Waals surface area contributed by atoms with Crippen LogP contribution in [0.4, 0.5) is 0 Å². The summed E-state index contributed by atoms with van der Waals surface area (Å²) in [5, 5.41) is 4.76. The SMILES string of the molecule is CCOC(=O)c1cc(OC(C)=O)c2cnn(C)c2c1. The minimum atomic E-state index is -0.459. The van der Waals surface area contributed by atoms with Gasteiger partial charge in [-0.3, -0.25) is 9.48 Å². The third-order valence-corrected chi connectivity index (χ3v) is 2.59. The zero-order valence-corrected chi connectivity index (χ0v) is 11.0. The average Bonchev–Trinajstić information content (AvgIpc) is 2.71. The number of aromatic nitrogens is 2. The number of esters is 2. The van der Waals surface area contributed by atoms with E-state index in [1.54, 1.807) is 30.9 Å². The molecule has 0 spiro atoms. The Morgan fingerprint density at radius 2 is 2.11 bits per heavy atom. The first-order chi connectivity index (χ1) is 9.02. The first kappa shape index (κ1) is 13.1. The average molecular weight is 262 g/mol. The fourth-order valence-corrected chi connectivity index (χ4v) is 1.79. The zero-order valence-electron chi connectivity index (χ0n) is 11.0. The van der Waals surface area contributed by atoms with Crippen molar-refractivity contribution < 1.29 is 19.1 Å². The van der Waals surface area contributed by atoms with Gasteiger partial charge in [-0.2, -0.15) is 5.10 Å². The van der Waals surface area contributed by atoms with Crippen LogP contribution in [0.2, 0.25) is 0 Å². The van der Waals surface area contributed by atoms with Gasteiger partial charge in [0, 0.05) is 14.0 Å². The summed E-state index contributed by atoms with van der Waals surface area (Å²) in [6, 6.07) is 3.15. The lowest BCUT2D eigenvalue weighted by molar-refractivity contribution is -0.131. The molecule has 0 aliphatic heterocycles. The largest absolute Gasteiger partial charge is 0.462 e. The number of hydrogen-bond donors (Lipinski definition) is 0. The quantitative estimate of drug-likeness (QED) is 0.621. The topological polar surface area (TPSA) is 70.4 Å². The van der Waals surface area contributed by atoms with Gasteiger partial charge in [-0.15, -0.1) is 0 Å². The Bertz CT molecular complexity index is 645. The molecule has 0 amide bonds. The van der Waals surface area contributed by atoms with E-state index in [0.717, 1.165) is 0 Å². The molecule has 6 nitrogen and oxygen atoms in total. The van der Waals surface area contributed by atoms with Crippen molar-refractivity contribution in [3.8, 4) is 5.75 Å². The Balaban J connectivity index is 2.57. The summed E-state index contributed by atoms with van der Waals surface area (Å²) < 4.78 is 11.7. The minimum Gasteiger partial charge on any atom is -0.462 e. The van der Waals surface area contributed by atoms with Crippen LogP contribution in [-0.2, 0) is 16.6 Å². The van der Waals surface area contributed by atoms with Crippen LogP contribution in [0.5, 0.6) is 5.75 Å². The molecule has 100 valence electrons. The molecule has 0 radical (unpaired) electrons. The Morgan fingerprint density at radius 3 is 2.74 bits per heavy atom. The van der Waals surface area contributed by atoms with Gasteiger partial charge in [0.15, 0.2) is 0 Å². The van der Waals surface area contributed by atoms with Gasteiger partial charge in [-0.05, 0) is 19.1 Å². The molecule has 1 heterocycles. The molecule has 19 heavy (non-hydrogen) atoms. The number of aryl methyl sites for hydroxylation is 1. The number of hydrogen-bond acceptors (Lipinski definition) is 5. The van der Waals surface area contributed by atoms with Crippen molar-refractivity contribution >= 4 is 22.8 Å². The van der Waals surface area contributed by atoms with Gasteiger partial charge in [0.1, 0.15) is 5.75 Å². The zero-order chi connectivity index (χ0) is 14.0. The van der Waals surface area contributed by atoms with Crippen LogP contribution in [0.25, 0.3) is 10.9 Å². The van der Waals surface area contributed by atoms with Crippen molar-refractivity contribution in [3.05, 3.63) is 23.9 Å². The van der Waals surface area contributed by atoms with Crippen LogP contribution < -0.4 is 4.74 Å². The number of rotatable bonds is 3. The van der Waals surface area contributed by atoms with Crippen molar-refractivity contribution in [1.29, 1.82) is 0 Å². The predicted molar refractivity (Wildman–Crippen MR) is 68.0 cm³/mol. The molecular formula is C13H14N2O4. The van der Waals surface area contributed by atoms with Crippen molar-refractivity contribution in [2.24, 2.45) is 7.05 Å². The van der Waals surface area contributed by atoms with E-state index in [4.69, 9.17) is 9.47 Å². The molecule has 0 saturated carbocycles. The Kier molecular flexibility index (Phi) is 3.50. The van der Waals surface area contributed by atoms with Crippen LogP contribution in [-0.4, -0.2) is 28.3 Å². The van der Waals surface area contributed by atoms with E-state index in [2.05, 4.69) is 5.10 Å². The van der Waals surface area contributed by atoms with E-state index in [9.17, 15) is 9.59 Å². The van der Waals surface area contributed by atoms with E-state index in [0.29, 0.717) is 22.2 Å². The highest BCUT2D eigenvalue weighted by atomic mass is 16.5. The Hall–Kier alpha value is -2.37. The first-order valence-electron chi connectivity index (χ1n) is 5.84. The van der Waals surface area contributed by atoms with Gasteiger partial charge >= 0.3 is 11.9 Å². The Labute approximate surface area is 109 Å². The second kappa shape index (κ2) is 5.09. The lowest BCUT2D eigenvalue weighted by Gasteiger charge is -2.07. The first-order valence-corrected chi connectivity index (χ1v) is 5.84. The summed E-state index contributed by atoms with van der Waals surface area (Å²) in [7, 11) is 1.74. The minimum absolute atomic E-state index is 0.283. The number of nitrogens with zero attached hydrogens (tertiary/aromatic N) is 2. The van der Waals surface area contributed by atoms with Crippen molar-refractivity contribution in [2.45, 2.75) is 13.8 Å². The highest BCUT2D eigenvalue weighted by molar-refractivity contribution is 5.97. The number of fused-ring (bicyclic) bond motifs is 1. The fourth-order valence-electron chi connectivity index (χ4n) is 1.79. The van der Waals surface area contributed by atoms with E-state index in [-0.39, 0.29) is 6.61 Å². The number of carbonyl (C=O) groups is 2. The lowest BCUT2D eigenvalue weighted by atomic mass is 10.1. The monoisotopic (exact) mass is 262 g/mol. The van der Waals surface area contributed by atoms with Gasteiger partial charge in [0.25, 0.3) is 0 Å². The van der Waals surface area contributed by atoms with Crippen LogP contribution in [0.15, 0.2) is 18.3 Å². The van der Waals surface area contributed by atoms with E-state index in [1.165, 1.54) is 13.0 Å². The van der Waals surface area contributed by atoms with Gasteiger partial charge in [-0.1, -0.05) is 0 Å². The summed E-state index contributed by atoms with van der Waals surface area (Å²) in [6.45, 7) is 3.32. The maximum atomic E-state index is 11.8. The summed E-state index contributed by atoms with van der Waals surface area (Å²) in [5.74, 6) is -0.605. The number of carbonyl (C=O) groups excluding carboxylic acids is 2. The number of ether oxygens (including phenoxy) is 2.